The first kappa shape index (κ1) is 14.7. The van der Waals surface area contributed by atoms with Crippen molar-refractivity contribution in [1.82, 2.24) is 14.9 Å². The number of likely N-dealkylation sites (N-methyl/N-ethyl adjacent to an activating group) is 1. The first-order chi connectivity index (χ1) is 8.56. The lowest BCUT2D eigenvalue weighted by molar-refractivity contribution is 0.326. The number of nitrogens with one attached hydrogen (secondary N) is 2. The van der Waals surface area contributed by atoms with Gasteiger partial charge in [0, 0.05) is 24.7 Å². The standard InChI is InChI=1S/C13H25N5/c1-6-7-14-12-11(3)13(17-9-16-12)15-8-10(2)18(4)5/h9-10H,6-8H2,1-5H3,(H2,14,15,16,17). The summed E-state index contributed by atoms with van der Waals surface area (Å²) < 4.78 is 0. The highest BCUT2D eigenvalue weighted by Gasteiger charge is 2.08. The molecule has 5 nitrogen and oxygen atoms in total. The summed E-state index contributed by atoms with van der Waals surface area (Å²) in [6.45, 7) is 8.17. The van der Waals surface area contributed by atoms with E-state index in [1.165, 1.54) is 0 Å². The Hall–Kier alpha value is -1.36. The summed E-state index contributed by atoms with van der Waals surface area (Å²) in [7, 11) is 4.15. The zero-order valence-corrected chi connectivity index (χ0v) is 12.1. The van der Waals surface area contributed by atoms with Crippen molar-refractivity contribution >= 4 is 11.6 Å². The third kappa shape index (κ3) is 4.14. The first-order valence-corrected chi connectivity index (χ1v) is 6.52. The molecule has 0 spiro atoms. The maximum absolute atomic E-state index is 4.30. The molecule has 1 aromatic heterocycles. The average molecular weight is 251 g/mol. The maximum Gasteiger partial charge on any atom is 0.134 e. The van der Waals surface area contributed by atoms with E-state index in [0.717, 1.165) is 36.7 Å². The van der Waals surface area contributed by atoms with E-state index in [-0.39, 0.29) is 0 Å². The summed E-state index contributed by atoms with van der Waals surface area (Å²) in [5.41, 5.74) is 1.08. The largest absolute Gasteiger partial charge is 0.370 e. The molecule has 0 radical (unpaired) electrons. The molecule has 1 rings (SSSR count). The van der Waals surface area contributed by atoms with Crippen LogP contribution in [0.2, 0.25) is 0 Å². The molecule has 0 bridgehead atoms. The Kier molecular flexibility index (Phi) is 5.85. The van der Waals surface area contributed by atoms with Gasteiger partial charge in [0.1, 0.15) is 18.0 Å². The van der Waals surface area contributed by atoms with Crippen LogP contribution in [0.15, 0.2) is 6.33 Å². The predicted molar refractivity (Wildman–Crippen MR) is 77.2 cm³/mol. The second-order valence-electron chi connectivity index (χ2n) is 4.82. The van der Waals surface area contributed by atoms with Crippen molar-refractivity contribution in [3.63, 3.8) is 0 Å². The minimum atomic E-state index is 0.464. The Bertz CT molecular complexity index is 364. The molecule has 2 N–H and O–H groups in total. The molecule has 0 aromatic carbocycles. The molecule has 18 heavy (non-hydrogen) atoms. The summed E-state index contributed by atoms with van der Waals surface area (Å²) in [5, 5.41) is 6.69. The molecule has 1 unspecified atom stereocenters. The number of hydrogen-bond donors (Lipinski definition) is 2. The fraction of sp³-hybridized carbons (Fsp3) is 0.692. The summed E-state index contributed by atoms with van der Waals surface area (Å²) in [6.07, 6.45) is 2.69. The second kappa shape index (κ2) is 7.16. The zero-order chi connectivity index (χ0) is 13.5. The summed E-state index contributed by atoms with van der Waals surface area (Å²) in [5.74, 6) is 1.84. The minimum Gasteiger partial charge on any atom is -0.370 e. The molecule has 0 aliphatic heterocycles. The van der Waals surface area contributed by atoms with E-state index in [0.29, 0.717) is 6.04 Å². The van der Waals surface area contributed by atoms with Crippen molar-refractivity contribution in [2.24, 2.45) is 0 Å². The van der Waals surface area contributed by atoms with E-state index in [9.17, 15) is 0 Å². The van der Waals surface area contributed by atoms with Crippen LogP contribution in [0.1, 0.15) is 25.8 Å². The van der Waals surface area contributed by atoms with Crippen LogP contribution in [-0.4, -0.2) is 48.1 Å². The van der Waals surface area contributed by atoms with Crippen molar-refractivity contribution in [2.45, 2.75) is 33.2 Å². The second-order valence-corrected chi connectivity index (χ2v) is 4.82. The molecule has 0 aliphatic carbocycles. The monoisotopic (exact) mass is 251 g/mol. The zero-order valence-electron chi connectivity index (χ0n) is 12.1. The van der Waals surface area contributed by atoms with Gasteiger partial charge in [-0.3, -0.25) is 0 Å². The Balaban J connectivity index is 2.65. The molecular weight excluding hydrogens is 226 g/mol. The van der Waals surface area contributed by atoms with Crippen molar-refractivity contribution in [3.8, 4) is 0 Å². The van der Waals surface area contributed by atoms with Crippen molar-refractivity contribution < 1.29 is 0 Å². The van der Waals surface area contributed by atoms with Gasteiger partial charge in [-0.15, -0.1) is 0 Å². The summed E-state index contributed by atoms with van der Waals surface area (Å²) in [6, 6.07) is 0.464. The van der Waals surface area contributed by atoms with Gasteiger partial charge >= 0.3 is 0 Å². The van der Waals surface area contributed by atoms with Crippen LogP contribution in [0.5, 0.6) is 0 Å². The van der Waals surface area contributed by atoms with Gasteiger partial charge in [0.2, 0.25) is 0 Å². The number of nitrogens with zero attached hydrogens (tertiary/aromatic N) is 3. The Morgan fingerprint density at radius 1 is 1.22 bits per heavy atom. The van der Waals surface area contributed by atoms with Crippen LogP contribution in [0, 0.1) is 6.92 Å². The Morgan fingerprint density at radius 3 is 2.39 bits per heavy atom. The molecule has 0 amide bonds. The average Bonchev–Trinajstić information content (AvgIpc) is 2.35. The van der Waals surface area contributed by atoms with Crippen LogP contribution >= 0.6 is 0 Å². The van der Waals surface area contributed by atoms with Crippen molar-refractivity contribution in [2.75, 3.05) is 37.8 Å². The third-order valence-electron chi connectivity index (χ3n) is 3.07. The number of aromatic nitrogens is 2. The van der Waals surface area contributed by atoms with Crippen LogP contribution < -0.4 is 10.6 Å². The normalized spacial score (nSPS) is 12.6. The van der Waals surface area contributed by atoms with Crippen LogP contribution in [0.3, 0.4) is 0 Å². The van der Waals surface area contributed by atoms with E-state index in [4.69, 9.17) is 0 Å². The molecule has 5 heteroatoms. The number of anilines is 2. The molecule has 1 heterocycles. The van der Waals surface area contributed by atoms with Gasteiger partial charge in [-0.1, -0.05) is 6.92 Å². The highest BCUT2D eigenvalue weighted by atomic mass is 15.1. The molecule has 0 saturated heterocycles. The lowest BCUT2D eigenvalue weighted by Gasteiger charge is -2.21. The highest BCUT2D eigenvalue weighted by molar-refractivity contribution is 5.56. The maximum atomic E-state index is 4.30. The molecular formula is C13H25N5. The van der Waals surface area contributed by atoms with E-state index < -0.39 is 0 Å². The van der Waals surface area contributed by atoms with E-state index in [2.05, 4.69) is 53.4 Å². The smallest absolute Gasteiger partial charge is 0.134 e. The fourth-order valence-electron chi connectivity index (χ4n) is 1.48. The van der Waals surface area contributed by atoms with Crippen molar-refractivity contribution in [3.05, 3.63) is 11.9 Å². The van der Waals surface area contributed by atoms with Gasteiger partial charge in [-0.2, -0.15) is 0 Å². The number of rotatable bonds is 7. The van der Waals surface area contributed by atoms with Crippen molar-refractivity contribution in [1.29, 1.82) is 0 Å². The third-order valence-corrected chi connectivity index (χ3v) is 3.07. The van der Waals surface area contributed by atoms with Crippen LogP contribution in [-0.2, 0) is 0 Å². The van der Waals surface area contributed by atoms with Crippen LogP contribution in [0.25, 0.3) is 0 Å². The quantitative estimate of drug-likeness (QED) is 0.776. The first-order valence-electron chi connectivity index (χ1n) is 6.52. The Morgan fingerprint density at radius 2 is 1.83 bits per heavy atom. The topological polar surface area (TPSA) is 53.1 Å². The highest BCUT2D eigenvalue weighted by Crippen LogP contribution is 2.18. The molecule has 0 aliphatic rings. The van der Waals surface area contributed by atoms with Gasteiger partial charge < -0.3 is 15.5 Å². The van der Waals surface area contributed by atoms with Gasteiger partial charge in [-0.25, -0.2) is 9.97 Å². The molecule has 0 saturated carbocycles. The van der Waals surface area contributed by atoms with Gasteiger partial charge in [0.15, 0.2) is 0 Å². The SMILES string of the molecule is CCCNc1ncnc(NCC(C)N(C)C)c1C. The molecule has 1 atom stereocenters. The summed E-state index contributed by atoms with van der Waals surface area (Å²) >= 11 is 0. The summed E-state index contributed by atoms with van der Waals surface area (Å²) in [4.78, 5) is 10.7. The van der Waals surface area contributed by atoms with Crippen LogP contribution in [0.4, 0.5) is 11.6 Å². The predicted octanol–water partition coefficient (Wildman–Crippen LogP) is 1.97. The fourth-order valence-corrected chi connectivity index (χ4v) is 1.48. The van der Waals surface area contributed by atoms with E-state index >= 15 is 0 Å². The molecule has 102 valence electrons. The Labute approximate surface area is 110 Å². The van der Waals surface area contributed by atoms with E-state index in [1.807, 2.05) is 6.92 Å². The van der Waals surface area contributed by atoms with Gasteiger partial charge in [0.05, 0.1) is 0 Å². The van der Waals surface area contributed by atoms with Gasteiger partial charge in [0.25, 0.3) is 0 Å². The van der Waals surface area contributed by atoms with Gasteiger partial charge in [-0.05, 0) is 34.4 Å². The number of hydrogen-bond acceptors (Lipinski definition) is 5. The lowest BCUT2D eigenvalue weighted by atomic mass is 10.2. The minimum absolute atomic E-state index is 0.464. The lowest BCUT2D eigenvalue weighted by Crippen LogP contribution is -2.31. The molecule has 1 aromatic rings. The van der Waals surface area contributed by atoms with E-state index in [1.54, 1.807) is 6.33 Å². The molecule has 0 fully saturated rings.